The zero-order chi connectivity index (χ0) is 9.26. The Morgan fingerprint density at radius 2 is 2.00 bits per heavy atom. The van der Waals surface area contributed by atoms with Crippen molar-refractivity contribution in [3.63, 3.8) is 0 Å². The van der Waals surface area contributed by atoms with Gasteiger partial charge >= 0.3 is 92.6 Å². The van der Waals surface area contributed by atoms with Crippen LogP contribution < -0.4 is 2.81 Å². The van der Waals surface area contributed by atoms with E-state index in [0.717, 1.165) is 41.8 Å². The second-order valence-electron chi connectivity index (χ2n) is 2.93. The first-order valence-electron chi connectivity index (χ1n) is 3.98. The Morgan fingerprint density at radius 1 is 1.27 bits per heavy atom. The summed E-state index contributed by atoms with van der Waals surface area (Å²) in [5.74, 6) is 0.893. The monoisotopic (exact) mass is 403 g/mol. The van der Waals surface area contributed by atoms with Crippen LogP contribution in [0.15, 0.2) is 30.5 Å². The smallest absolute Gasteiger partial charge is 0.412 e. The van der Waals surface area contributed by atoms with Gasteiger partial charge in [-0.05, 0) is 0 Å². The van der Waals surface area contributed by atoms with E-state index in [2.05, 4.69) is 24.0 Å². The minimum atomic E-state index is 0. The molecule has 0 aliphatic heterocycles. The maximum absolute atomic E-state index is 5.36. The summed E-state index contributed by atoms with van der Waals surface area (Å²) in [4.78, 5) is 4.29. The van der Waals surface area contributed by atoms with Gasteiger partial charge in [-0.1, -0.05) is 0 Å². The Kier molecular flexibility index (Phi) is 5.65. The van der Waals surface area contributed by atoms with E-state index in [0.29, 0.717) is 0 Å². The number of nitrogens with zero attached hydrogens (tertiary/aromatic N) is 1. The van der Waals surface area contributed by atoms with Crippen LogP contribution in [-0.4, -0.2) is 41.1 Å². The van der Waals surface area contributed by atoms with Crippen molar-refractivity contribution in [3.05, 3.63) is 36.0 Å². The molecule has 0 bridgehead atoms. The van der Waals surface area contributed by atoms with Gasteiger partial charge in [0, 0.05) is 0 Å². The third kappa shape index (κ3) is 2.84. The van der Waals surface area contributed by atoms with Crippen molar-refractivity contribution in [1.82, 2.24) is 4.98 Å². The first-order valence-corrected chi connectivity index (χ1v) is 5.40. The Morgan fingerprint density at radius 3 is 2.67 bits per heavy atom. The third-order valence-electron chi connectivity index (χ3n) is 1.91. The van der Waals surface area contributed by atoms with Crippen LogP contribution in [0, 0.1) is 6.92 Å². The molecule has 1 aromatic carbocycles. The second-order valence-corrected chi connectivity index (χ2v) is 3.64. The van der Waals surface area contributed by atoms with Gasteiger partial charge in [-0.25, -0.2) is 0 Å². The Labute approximate surface area is 103 Å². The molecule has 4 nitrogen and oxygen atoms in total. The van der Waals surface area contributed by atoms with Crippen molar-refractivity contribution in [2.45, 2.75) is 6.92 Å². The minimum Gasteiger partial charge on any atom is -0.412 e. The predicted octanol–water partition coefficient (Wildman–Crippen LogP) is 0.356. The molecule has 0 saturated carbocycles. The van der Waals surface area contributed by atoms with Crippen molar-refractivity contribution >= 4 is 36.1 Å². The predicted molar refractivity (Wildman–Crippen MR) is 60.1 cm³/mol. The third-order valence-corrected chi connectivity index (χ3v) is 2.68. The fraction of sp³-hybridized carbons (Fsp3) is 0.100. The van der Waals surface area contributed by atoms with Crippen molar-refractivity contribution in [2.75, 3.05) is 0 Å². The number of hydrogen-bond acceptors (Lipinski definition) is 2. The summed E-state index contributed by atoms with van der Waals surface area (Å²) in [5, 5.41) is 1.14. The zero-order valence-electron chi connectivity index (χ0n) is 8.19. The topological polar surface area (TPSA) is 85.1 Å². The fourth-order valence-corrected chi connectivity index (χ4v) is 1.91. The zero-order valence-corrected chi connectivity index (χ0v) is 11.7. The van der Waals surface area contributed by atoms with Gasteiger partial charge in [0.2, 0.25) is 0 Å². The van der Waals surface area contributed by atoms with E-state index in [-0.39, 0.29) is 11.0 Å². The van der Waals surface area contributed by atoms with Crippen LogP contribution in [0.1, 0.15) is 5.56 Å². The normalized spacial score (nSPS) is 8.93. The van der Waals surface area contributed by atoms with Crippen LogP contribution in [-0.2, 0) is 0 Å². The Hall–Kier alpha value is -0.767. The van der Waals surface area contributed by atoms with E-state index in [4.69, 9.17) is 2.81 Å². The van der Waals surface area contributed by atoms with Crippen LogP contribution in [0.5, 0.6) is 5.75 Å². The van der Waals surface area contributed by atoms with Gasteiger partial charge in [0.25, 0.3) is 0 Å². The molecule has 0 amide bonds. The number of pyridine rings is 1. The molecule has 2 rings (SSSR count). The van der Waals surface area contributed by atoms with Crippen molar-refractivity contribution < 1.29 is 13.8 Å². The van der Waals surface area contributed by atoms with Gasteiger partial charge in [0.1, 0.15) is 0 Å². The number of aryl methyl sites for hydroxylation is 1. The number of aromatic nitrogens is 1. The molecule has 0 atom stereocenters. The molecule has 4 N–H and O–H groups in total. The summed E-state index contributed by atoms with van der Waals surface area (Å²) in [6.45, 7) is 2.06. The average molecular weight is 403 g/mol. The van der Waals surface area contributed by atoms with Gasteiger partial charge < -0.3 is 11.0 Å². The molecular weight excluding hydrogens is 391 g/mol. The molecule has 0 aliphatic carbocycles. The quantitative estimate of drug-likeness (QED) is 0.644. The standard InChI is InChI=1S/C10H9NO.Bi.2H2O/c1-7-5-8-3-2-4-11-10(8)9(12)6-7;;;/h2-6,12H,1H3;;2*1H2/q;+1;;/p-1. The van der Waals surface area contributed by atoms with E-state index < -0.39 is 0 Å². The molecule has 0 spiro atoms. The van der Waals surface area contributed by atoms with Crippen molar-refractivity contribution in [2.24, 2.45) is 0 Å². The largest absolute Gasteiger partial charge is 0.412 e. The molecular formula is C10H12BiNO3. The first kappa shape index (κ1) is 14.2. The molecule has 0 saturated heterocycles. The average Bonchev–Trinajstić information content (AvgIpc) is 2.16. The van der Waals surface area contributed by atoms with Crippen LogP contribution in [0.4, 0.5) is 0 Å². The van der Waals surface area contributed by atoms with Crippen molar-refractivity contribution in [1.29, 1.82) is 0 Å². The van der Waals surface area contributed by atoms with Gasteiger partial charge in [0.05, 0.1) is 0 Å². The summed E-state index contributed by atoms with van der Waals surface area (Å²) in [7, 11) is 0. The molecule has 0 unspecified atom stereocenters. The second kappa shape index (κ2) is 5.96. The van der Waals surface area contributed by atoms with E-state index in [1.54, 1.807) is 6.20 Å². The van der Waals surface area contributed by atoms with Gasteiger partial charge in [-0.3, -0.25) is 0 Å². The van der Waals surface area contributed by atoms with Gasteiger partial charge in [0.15, 0.2) is 0 Å². The maximum atomic E-state index is 5.36. The van der Waals surface area contributed by atoms with E-state index in [9.17, 15) is 0 Å². The molecule has 1 heterocycles. The summed E-state index contributed by atoms with van der Waals surface area (Å²) < 4.78 is 5.36. The number of hydrogen-bond donors (Lipinski definition) is 0. The molecule has 80 valence electrons. The minimum absolute atomic E-state index is 0. The summed E-state index contributed by atoms with van der Waals surface area (Å²) in [5.41, 5.74) is 2.16. The van der Waals surface area contributed by atoms with E-state index >= 15 is 0 Å². The Balaban J connectivity index is 0.000000980. The number of rotatable bonds is 1. The number of fused-ring (bicyclic) bond motifs is 1. The van der Waals surface area contributed by atoms with Crippen molar-refractivity contribution in [3.8, 4) is 5.75 Å². The van der Waals surface area contributed by atoms with Gasteiger partial charge in [-0.15, -0.1) is 0 Å². The summed E-state index contributed by atoms with van der Waals surface area (Å²) in [6.07, 6.45) is 1.79. The molecule has 15 heavy (non-hydrogen) atoms. The molecule has 1 aromatic heterocycles. The van der Waals surface area contributed by atoms with Crippen LogP contribution in [0.25, 0.3) is 10.9 Å². The van der Waals surface area contributed by atoms with Crippen LogP contribution in [0.3, 0.4) is 0 Å². The summed E-state index contributed by atoms with van der Waals surface area (Å²) in [6, 6.07) is 8.13. The molecule has 0 fully saturated rings. The van der Waals surface area contributed by atoms with E-state index in [1.165, 1.54) is 5.56 Å². The summed E-state index contributed by atoms with van der Waals surface area (Å²) >= 11 is 0.897. The van der Waals surface area contributed by atoms with E-state index in [1.807, 2.05) is 12.1 Å². The molecule has 5 heteroatoms. The van der Waals surface area contributed by atoms with Crippen LogP contribution >= 0.6 is 0 Å². The first-order chi connectivity index (χ1) is 6.31. The molecule has 0 aliphatic rings. The number of benzene rings is 1. The molecule has 2 radical (unpaired) electrons. The van der Waals surface area contributed by atoms with Gasteiger partial charge in [-0.2, -0.15) is 0 Å². The molecule has 2 aromatic rings. The Bertz CT molecular complexity index is 448. The maximum Gasteiger partial charge on any atom is -0.412 e. The fourth-order valence-electron chi connectivity index (χ4n) is 1.37. The van der Waals surface area contributed by atoms with Crippen LogP contribution in [0.2, 0.25) is 0 Å². The SMILES string of the molecule is Cc1cc([O][Bi])c2ncccc2c1.O.O.